The molecule has 0 spiro atoms. The monoisotopic (exact) mass is 212 g/mol. The van der Waals surface area contributed by atoms with Gasteiger partial charge in [-0.15, -0.1) is 0 Å². The molecule has 0 heterocycles. The van der Waals surface area contributed by atoms with Gasteiger partial charge in [0.25, 0.3) is 0 Å². The Balaban J connectivity index is 2.42. The molecular formula is C14H14NO. The number of benzene rings is 2. The largest absolute Gasteiger partial charge is 0.326 e. The van der Waals surface area contributed by atoms with E-state index in [2.05, 4.69) is 0 Å². The highest BCUT2D eigenvalue weighted by Crippen LogP contribution is 2.23. The minimum absolute atomic E-state index is 0.168. The molecule has 2 rings (SSSR count). The van der Waals surface area contributed by atoms with Gasteiger partial charge < -0.3 is 5.73 Å². The topological polar surface area (TPSA) is 45.9 Å². The Labute approximate surface area is 95.4 Å². The Hall–Kier alpha value is -1.64. The van der Waals surface area contributed by atoms with E-state index in [0.717, 1.165) is 22.3 Å². The third-order valence-corrected chi connectivity index (χ3v) is 2.67. The summed E-state index contributed by atoms with van der Waals surface area (Å²) in [7, 11) is 0. The maximum Gasteiger partial charge on any atom is 0.107 e. The van der Waals surface area contributed by atoms with Gasteiger partial charge in [-0.25, -0.2) is 5.11 Å². The number of nitrogens with two attached hydrogens (primary N) is 1. The first kappa shape index (κ1) is 10.9. The van der Waals surface area contributed by atoms with E-state index in [1.807, 2.05) is 48.5 Å². The first-order valence-corrected chi connectivity index (χ1v) is 5.30. The number of hydrogen-bond donors (Lipinski definition) is 1. The van der Waals surface area contributed by atoms with E-state index in [9.17, 15) is 5.11 Å². The molecule has 0 saturated heterocycles. The summed E-state index contributed by atoms with van der Waals surface area (Å²) in [4.78, 5) is 0. The van der Waals surface area contributed by atoms with E-state index in [4.69, 9.17) is 5.73 Å². The number of rotatable bonds is 3. The summed E-state index contributed by atoms with van der Waals surface area (Å²) >= 11 is 0. The molecule has 2 aromatic carbocycles. The van der Waals surface area contributed by atoms with E-state index < -0.39 is 0 Å². The second-order valence-corrected chi connectivity index (χ2v) is 3.70. The second kappa shape index (κ2) is 4.92. The Bertz CT molecular complexity index is 462. The summed E-state index contributed by atoms with van der Waals surface area (Å²) < 4.78 is 0. The molecule has 2 N–H and O–H groups in total. The molecule has 0 amide bonds. The van der Waals surface area contributed by atoms with Gasteiger partial charge in [0.2, 0.25) is 0 Å². The van der Waals surface area contributed by atoms with Gasteiger partial charge in [-0.3, -0.25) is 0 Å². The average molecular weight is 212 g/mol. The van der Waals surface area contributed by atoms with Crippen LogP contribution in [0.4, 0.5) is 0 Å². The van der Waals surface area contributed by atoms with Crippen LogP contribution in [0.2, 0.25) is 0 Å². The zero-order valence-electron chi connectivity index (χ0n) is 9.02. The third-order valence-electron chi connectivity index (χ3n) is 2.67. The highest BCUT2D eigenvalue weighted by Gasteiger charge is 2.02. The van der Waals surface area contributed by atoms with Crippen LogP contribution in [0.1, 0.15) is 11.1 Å². The third kappa shape index (κ3) is 2.13. The second-order valence-electron chi connectivity index (χ2n) is 3.70. The highest BCUT2D eigenvalue weighted by molar-refractivity contribution is 5.67. The molecule has 2 aromatic rings. The van der Waals surface area contributed by atoms with Crippen LogP contribution in [0.5, 0.6) is 0 Å². The van der Waals surface area contributed by atoms with Crippen LogP contribution >= 0.6 is 0 Å². The quantitative estimate of drug-likeness (QED) is 0.835. The van der Waals surface area contributed by atoms with E-state index in [1.54, 1.807) is 0 Å². The van der Waals surface area contributed by atoms with Crippen molar-refractivity contribution in [2.24, 2.45) is 5.73 Å². The SMILES string of the molecule is NCc1ccccc1-c1ccc(C[O])cc1. The summed E-state index contributed by atoms with van der Waals surface area (Å²) in [6.07, 6.45) is 0. The summed E-state index contributed by atoms with van der Waals surface area (Å²) in [6.45, 7) is 0.359. The van der Waals surface area contributed by atoms with Crippen LogP contribution < -0.4 is 5.73 Å². The molecular weight excluding hydrogens is 198 g/mol. The molecule has 0 bridgehead atoms. The van der Waals surface area contributed by atoms with Crippen molar-refractivity contribution in [3.05, 3.63) is 59.7 Å². The Morgan fingerprint density at radius 3 is 2.25 bits per heavy atom. The molecule has 0 aromatic heterocycles. The molecule has 0 fully saturated rings. The van der Waals surface area contributed by atoms with Crippen molar-refractivity contribution in [1.29, 1.82) is 0 Å². The fourth-order valence-electron chi connectivity index (χ4n) is 1.76. The van der Waals surface area contributed by atoms with Gasteiger partial charge in [-0.05, 0) is 22.3 Å². The van der Waals surface area contributed by atoms with Gasteiger partial charge in [0.05, 0.1) is 0 Å². The summed E-state index contributed by atoms with van der Waals surface area (Å²) in [5.41, 5.74) is 9.88. The van der Waals surface area contributed by atoms with E-state index in [1.165, 1.54) is 0 Å². The van der Waals surface area contributed by atoms with Gasteiger partial charge in [0, 0.05) is 6.54 Å². The van der Waals surface area contributed by atoms with Crippen molar-refractivity contribution in [3.63, 3.8) is 0 Å². The fourth-order valence-corrected chi connectivity index (χ4v) is 1.76. The summed E-state index contributed by atoms with van der Waals surface area (Å²) in [5.74, 6) is 0. The van der Waals surface area contributed by atoms with Gasteiger partial charge in [0.1, 0.15) is 6.61 Å². The Morgan fingerprint density at radius 2 is 1.62 bits per heavy atom. The maximum absolute atomic E-state index is 10.7. The molecule has 1 radical (unpaired) electrons. The molecule has 81 valence electrons. The minimum Gasteiger partial charge on any atom is -0.326 e. The molecule has 0 aliphatic rings. The highest BCUT2D eigenvalue weighted by atomic mass is 16.3. The molecule has 0 unspecified atom stereocenters. The molecule has 0 atom stereocenters. The molecule has 0 aliphatic carbocycles. The van der Waals surface area contributed by atoms with Crippen LogP contribution in [0.15, 0.2) is 48.5 Å². The van der Waals surface area contributed by atoms with Crippen LogP contribution in [0.25, 0.3) is 11.1 Å². The standard InChI is InChI=1S/C14H14NO/c15-9-13-3-1-2-4-14(13)12-7-5-11(10-16)6-8-12/h1-8H,9-10,15H2. The lowest BCUT2D eigenvalue weighted by atomic mass is 9.99. The lowest BCUT2D eigenvalue weighted by molar-refractivity contribution is 0.177. The summed E-state index contributed by atoms with van der Waals surface area (Å²) in [5, 5.41) is 10.7. The van der Waals surface area contributed by atoms with Crippen LogP contribution in [-0.4, -0.2) is 0 Å². The van der Waals surface area contributed by atoms with Crippen molar-refractivity contribution >= 4 is 0 Å². The number of hydrogen-bond acceptors (Lipinski definition) is 1. The van der Waals surface area contributed by atoms with Crippen molar-refractivity contribution in [2.75, 3.05) is 0 Å². The average Bonchev–Trinajstić information content (AvgIpc) is 2.39. The Morgan fingerprint density at radius 1 is 0.938 bits per heavy atom. The van der Waals surface area contributed by atoms with Gasteiger partial charge in [-0.2, -0.15) is 0 Å². The lowest BCUT2D eigenvalue weighted by Crippen LogP contribution is -1.98. The Kier molecular flexibility index (Phi) is 3.34. The molecule has 2 nitrogen and oxygen atoms in total. The van der Waals surface area contributed by atoms with Gasteiger partial charge in [0.15, 0.2) is 0 Å². The van der Waals surface area contributed by atoms with Crippen molar-refractivity contribution in [1.82, 2.24) is 0 Å². The normalized spacial score (nSPS) is 10.4. The van der Waals surface area contributed by atoms with E-state index in [0.29, 0.717) is 6.54 Å². The van der Waals surface area contributed by atoms with Gasteiger partial charge >= 0.3 is 0 Å². The first-order chi connectivity index (χ1) is 7.85. The first-order valence-electron chi connectivity index (χ1n) is 5.30. The van der Waals surface area contributed by atoms with E-state index in [-0.39, 0.29) is 6.61 Å². The predicted molar refractivity (Wildman–Crippen MR) is 64.2 cm³/mol. The molecule has 2 heteroatoms. The predicted octanol–water partition coefficient (Wildman–Crippen LogP) is 2.74. The summed E-state index contributed by atoms with van der Waals surface area (Å²) in [6, 6.07) is 15.7. The molecule has 16 heavy (non-hydrogen) atoms. The molecule has 0 saturated carbocycles. The van der Waals surface area contributed by atoms with Crippen molar-refractivity contribution < 1.29 is 5.11 Å². The smallest absolute Gasteiger partial charge is 0.107 e. The van der Waals surface area contributed by atoms with Crippen molar-refractivity contribution in [3.8, 4) is 11.1 Å². The van der Waals surface area contributed by atoms with Crippen LogP contribution in [0, 0.1) is 0 Å². The lowest BCUT2D eigenvalue weighted by Gasteiger charge is -2.07. The minimum atomic E-state index is -0.168. The molecule has 0 aliphatic heterocycles. The van der Waals surface area contributed by atoms with Crippen molar-refractivity contribution in [2.45, 2.75) is 13.2 Å². The zero-order valence-corrected chi connectivity index (χ0v) is 9.02. The van der Waals surface area contributed by atoms with Crippen LogP contribution in [-0.2, 0) is 18.3 Å². The van der Waals surface area contributed by atoms with Crippen LogP contribution in [0.3, 0.4) is 0 Å². The maximum atomic E-state index is 10.7. The fraction of sp³-hybridized carbons (Fsp3) is 0.143. The zero-order chi connectivity index (χ0) is 11.4. The van der Waals surface area contributed by atoms with E-state index >= 15 is 0 Å². The van der Waals surface area contributed by atoms with Gasteiger partial charge in [-0.1, -0.05) is 48.5 Å².